The van der Waals surface area contributed by atoms with E-state index in [1.54, 1.807) is 30.3 Å². The lowest BCUT2D eigenvalue weighted by Crippen LogP contribution is -2.58. The summed E-state index contributed by atoms with van der Waals surface area (Å²) in [7, 11) is 0. The van der Waals surface area contributed by atoms with Gasteiger partial charge in [0.05, 0.1) is 11.4 Å². The summed E-state index contributed by atoms with van der Waals surface area (Å²) in [6, 6.07) is 14.1. The molecule has 0 radical (unpaired) electrons. The van der Waals surface area contributed by atoms with E-state index in [0.29, 0.717) is 16.4 Å². The molecule has 1 heterocycles. The first-order valence-electron chi connectivity index (χ1n) is 7.20. The van der Waals surface area contributed by atoms with Gasteiger partial charge in [-0.15, -0.1) is 0 Å². The Morgan fingerprint density at radius 2 is 1.92 bits per heavy atom. The molecule has 1 saturated heterocycles. The third-order valence-corrected chi connectivity index (χ3v) is 4.68. The van der Waals surface area contributed by atoms with Crippen LogP contribution in [-0.4, -0.2) is 23.1 Å². The van der Waals surface area contributed by atoms with E-state index in [9.17, 15) is 9.59 Å². The number of rotatable bonds is 3. The summed E-state index contributed by atoms with van der Waals surface area (Å²) >= 11 is 13.2. The molecule has 3 rings (SSSR count). The molecular weight excluding hydrogens is 473 g/mol. The molecule has 2 aromatic carbocycles. The molecule has 2 amide bonds. The number of amides is 2. The Morgan fingerprint density at radius 1 is 1.20 bits per heavy atom. The van der Waals surface area contributed by atoms with E-state index in [0.717, 1.165) is 3.57 Å². The van der Waals surface area contributed by atoms with E-state index < -0.39 is 17.7 Å². The molecule has 0 spiro atoms. The van der Waals surface area contributed by atoms with Crippen LogP contribution in [0.1, 0.15) is 0 Å². The second-order valence-electron chi connectivity index (χ2n) is 5.18. The predicted molar refractivity (Wildman–Crippen MR) is 110 cm³/mol. The average Bonchev–Trinajstić information content (AvgIpc) is 2.56. The van der Waals surface area contributed by atoms with Crippen LogP contribution in [0.4, 0.5) is 11.4 Å². The molecule has 0 aromatic heterocycles. The van der Waals surface area contributed by atoms with Crippen LogP contribution in [0.3, 0.4) is 0 Å². The zero-order chi connectivity index (χ0) is 18.0. The van der Waals surface area contributed by atoms with Crippen LogP contribution in [-0.2, 0) is 9.59 Å². The topological polar surface area (TPSA) is 61.8 Å². The zero-order valence-electron chi connectivity index (χ0n) is 12.6. The van der Waals surface area contributed by atoms with Crippen LogP contribution < -0.4 is 10.2 Å². The van der Waals surface area contributed by atoms with E-state index >= 15 is 0 Å². The molecule has 1 atom stereocenters. The van der Waals surface area contributed by atoms with Crippen LogP contribution in [0.5, 0.6) is 0 Å². The van der Waals surface area contributed by atoms with Crippen molar-refractivity contribution in [2.24, 2.45) is 10.9 Å². The van der Waals surface area contributed by atoms with Crippen molar-refractivity contribution in [1.82, 2.24) is 5.32 Å². The van der Waals surface area contributed by atoms with Crippen LogP contribution in [0.15, 0.2) is 53.5 Å². The molecule has 1 N–H and O–H groups in total. The Morgan fingerprint density at radius 3 is 2.60 bits per heavy atom. The van der Waals surface area contributed by atoms with E-state index in [-0.39, 0.29) is 5.11 Å². The maximum Gasteiger partial charge on any atom is 0.251 e. The zero-order valence-corrected chi connectivity index (χ0v) is 16.4. The van der Waals surface area contributed by atoms with Crippen LogP contribution >= 0.6 is 46.4 Å². The highest BCUT2D eigenvalue weighted by atomic mass is 127. The van der Waals surface area contributed by atoms with Gasteiger partial charge < -0.3 is 5.32 Å². The van der Waals surface area contributed by atoms with Crippen LogP contribution in [0.25, 0.3) is 0 Å². The first-order valence-corrected chi connectivity index (χ1v) is 9.06. The second kappa shape index (κ2) is 7.59. The maximum absolute atomic E-state index is 12.8. The maximum atomic E-state index is 12.8. The number of carbonyl (C=O) groups is 2. The van der Waals surface area contributed by atoms with E-state index in [4.69, 9.17) is 23.8 Å². The van der Waals surface area contributed by atoms with Crippen LogP contribution in [0.2, 0.25) is 5.02 Å². The molecule has 1 aliphatic rings. The van der Waals surface area contributed by atoms with Gasteiger partial charge in [-0.05, 0) is 77.3 Å². The minimum absolute atomic E-state index is 0.0382. The molecular formula is C17H11ClIN3O2S. The van der Waals surface area contributed by atoms with Gasteiger partial charge in [0.2, 0.25) is 5.91 Å². The van der Waals surface area contributed by atoms with Gasteiger partial charge in [0.15, 0.2) is 11.0 Å². The Hall–Kier alpha value is -1.84. The molecule has 0 aliphatic carbocycles. The number of anilines is 1. The van der Waals surface area contributed by atoms with Crippen LogP contribution in [0, 0.1) is 9.49 Å². The van der Waals surface area contributed by atoms with E-state index in [2.05, 4.69) is 32.9 Å². The fraction of sp³-hybridized carbons (Fsp3) is 0.0588. The Balaban J connectivity index is 1.89. The number of benzene rings is 2. The fourth-order valence-corrected chi connectivity index (χ4v) is 3.22. The highest BCUT2D eigenvalue weighted by molar-refractivity contribution is 14.1. The fourth-order valence-electron chi connectivity index (χ4n) is 2.27. The summed E-state index contributed by atoms with van der Waals surface area (Å²) < 4.78 is 1.01. The van der Waals surface area contributed by atoms with Crippen molar-refractivity contribution in [3.05, 3.63) is 57.1 Å². The number of hydrogen-bond acceptors (Lipinski definition) is 4. The van der Waals surface area contributed by atoms with E-state index in [1.165, 1.54) is 11.1 Å². The van der Waals surface area contributed by atoms with Gasteiger partial charge >= 0.3 is 0 Å². The van der Waals surface area contributed by atoms with Crippen molar-refractivity contribution in [3.63, 3.8) is 0 Å². The van der Waals surface area contributed by atoms with Crippen molar-refractivity contribution in [3.8, 4) is 0 Å². The van der Waals surface area contributed by atoms with Crippen molar-refractivity contribution >= 4 is 80.9 Å². The first kappa shape index (κ1) is 18.0. The largest absolute Gasteiger partial charge is 0.301 e. The summed E-state index contributed by atoms with van der Waals surface area (Å²) in [5, 5.41) is 3.12. The molecule has 0 bridgehead atoms. The van der Waals surface area contributed by atoms with Crippen molar-refractivity contribution < 1.29 is 9.59 Å². The summed E-state index contributed by atoms with van der Waals surface area (Å²) in [5.74, 6) is -2.00. The van der Waals surface area contributed by atoms with Crippen molar-refractivity contribution in [1.29, 1.82) is 0 Å². The minimum Gasteiger partial charge on any atom is -0.301 e. The molecule has 126 valence electrons. The monoisotopic (exact) mass is 483 g/mol. The Kier molecular flexibility index (Phi) is 5.45. The summed E-state index contributed by atoms with van der Waals surface area (Å²) in [5.41, 5.74) is 1.20. The second-order valence-corrected chi connectivity index (χ2v) is 7.25. The molecule has 1 aliphatic heterocycles. The number of thiocarbonyl (C=S) groups is 1. The Bertz CT molecular complexity index is 886. The molecule has 0 unspecified atom stereocenters. The SMILES string of the molecule is O=C1NC(=S)N(c2ccc(Cl)cc2)C(=O)[C@H]1C=Nc1cccc(I)c1. The molecule has 1 fully saturated rings. The number of hydrogen-bond donors (Lipinski definition) is 1. The van der Waals surface area contributed by atoms with Gasteiger partial charge in [-0.1, -0.05) is 17.7 Å². The van der Waals surface area contributed by atoms with E-state index in [1.807, 2.05) is 18.2 Å². The molecule has 0 saturated carbocycles. The predicted octanol–water partition coefficient (Wildman–Crippen LogP) is 3.71. The molecule has 2 aromatic rings. The smallest absolute Gasteiger partial charge is 0.251 e. The highest BCUT2D eigenvalue weighted by Gasteiger charge is 2.38. The van der Waals surface area contributed by atoms with Gasteiger partial charge in [0.1, 0.15) is 0 Å². The third-order valence-electron chi connectivity index (χ3n) is 3.47. The highest BCUT2D eigenvalue weighted by Crippen LogP contribution is 2.23. The first-order chi connectivity index (χ1) is 12.0. The number of halogens is 2. The number of nitrogens with zero attached hydrogens (tertiary/aromatic N) is 2. The van der Waals surface area contributed by atoms with Gasteiger partial charge in [-0.3, -0.25) is 19.5 Å². The quantitative estimate of drug-likeness (QED) is 0.313. The lowest BCUT2D eigenvalue weighted by atomic mass is 10.1. The summed E-state index contributed by atoms with van der Waals surface area (Å²) in [6.07, 6.45) is 1.34. The Labute approximate surface area is 168 Å². The molecule has 5 nitrogen and oxygen atoms in total. The lowest BCUT2D eigenvalue weighted by Gasteiger charge is -2.30. The number of aliphatic imine (C=N–C) groups is 1. The van der Waals surface area contributed by atoms with Crippen molar-refractivity contribution in [2.75, 3.05) is 4.90 Å². The van der Waals surface area contributed by atoms with Gasteiger partial charge in [0, 0.05) is 14.8 Å². The third kappa shape index (κ3) is 4.05. The van der Waals surface area contributed by atoms with Gasteiger partial charge in [-0.2, -0.15) is 0 Å². The number of nitrogens with one attached hydrogen (secondary N) is 1. The van der Waals surface area contributed by atoms with Gasteiger partial charge in [-0.25, -0.2) is 0 Å². The minimum atomic E-state index is -1.06. The normalized spacial score (nSPS) is 17.9. The number of carbonyl (C=O) groups excluding carboxylic acids is 2. The average molecular weight is 484 g/mol. The lowest BCUT2D eigenvalue weighted by molar-refractivity contribution is -0.130. The molecule has 25 heavy (non-hydrogen) atoms. The van der Waals surface area contributed by atoms with Crippen molar-refractivity contribution in [2.45, 2.75) is 0 Å². The standard InChI is InChI=1S/C17H11ClIN3O2S/c18-10-4-6-13(7-5-10)22-16(24)14(15(23)21-17(22)25)9-20-12-3-1-2-11(19)8-12/h1-9,14H,(H,21,23,25)/t14-/m0/s1. The summed E-state index contributed by atoms with van der Waals surface area (Å²) in [4.78, 5) is 30.5. The van der Waals surface area contributed by atoms with Gasteiger partial charge in [0.25, 0.3) is 5.91 Å². The molecule has 8 heteroatoms. The summed E-state index contributed by atoms with van der Waals surface area (Å²) in [6.45, 7) is 0.